The van der Waals surface area contributed by atoms with Gasteiger partial charge in [-0.05, 0) is 25.1 Å². The summed E-state index contributed by atoms with van der Waals surface area (Å²) in [5, 5.41) is 9.08. The molecule has 0 saturated carbocycles. The Hall–Kier alpha value is -3.30. The Labute approximate surface area is 222 Å². The molecule has 3 aromatic heterocycles. The van der Waals surface area contributed by atoms with Crippen LogP contribution < -0.4 is 19.1 Å². The minimum absolute atomic E-state index is 0.159. The van der Waals surface area contributed by atoms with Gasteiger partial charge in [0.05, 0.1) is 33.3 Å². The second-order valence-electron chi connectivity index (χ2n) is 7.28. The molecule has 37 heavy (non-hydrogen) atoms. The monoisotopic (exact) mass is 566 g/mol. The Balaban J connectivity index is 2.01. The molecule has 0 saturated heterocycles. The van der Waals surface area contributed by atoms with Gasteiger partial charge in [-0.25, -0.2) is 18.4 Å². The second-order valence-corrected chi connectivity index (χ2v) is 10.9. The van der Waals surface area contributed by atoms with Crippen molar-refractivity contribution in [2.45, 2.75) is 13.0 Å². The van der Waals surface area contributed by atoms with Crippen molar-refractivity contribution in [3.05, 3.63) is 57.8 Å². The predicted octanol–water partition coefficient (Wildman–Crippen LogP) is 3.43. The summed E-state index contributed by atoms with van der Waals surface area (Å²) in [6.45, 7) is 1.48. The number of ether oxygens (including phenoxy) is 3. The summed E-state index contributed by atoms with van der Waals surface area (Å²) in [4.78, 5) is 16.6. The number of methoxy groups -OCH3 is 3. The number of thiazole rings is 1. The molecule has 1 aromatic carbocycles. The summed E-state index contributed by atoms with van der Waals surface area (Å²) in [5.41, 5.74) is 0.845. The third-order valence-corrected chi connectivity index (χ3v) is 7.37. The van der Waals surface area contributed by atoms with E-state index in [2.05, 4.69) is 25.1 Å². The lowest BCUT2D eigenvalue weighted by Gasteiger charge is -2.20. The molecule has 0 aliphatic carbocycles. The summed E-state index contributed by atoms with van der Waals surface area (Å²) in [6, 6.07) is 10.4. The van der Waals surface area contributed by atoms with E-state index in [4.69, 9.17) is 30.6 Å². The minimum atomic E-state index is -3.75. The number of rotatable bonds is 11. The summed E-state index contributed by atoms with van der Waals surface area (Å²) in [5.74, 6) is 1.45. The number of pyridine rings is 1. The van der Waals surface area contributed by atoms with E-state index in [-0.39, 0.29) is 17.4 Å². The highest BCUT2D eigenvalue weighted by Gasteiger charge is 2.32. The quantitative estimate of drug-likeness (QED) is 0.268. The van der Waals surface area contributed by atoms with E-state index in [0.717, 1.165) is 11.3 Å². The fraction of sp³-hybridized carbons (Fsp3) is 0.273. The molecule has 0 radical (unpaired) electrons. The number of hydrogen-bond donors (Lipinski definition) is 1. The third kappa shape index (κ3) is 5.67. The van der Waals surface area contributed by atoms with Crippen LogP contribution in [0.25, 0.3) is 17.2 Å². The van der Waals surface area contributed by atoms with Crippen molar-refractivity contribution in [3.63, 3.8) is 0 Å². The highest BCUT2D eigenvalue weighted by Crippen LogP contribution is 2.39. The van der Waals surface area contributed by atoms with Gasteiger partial charge in [-0.1, -0.05) is 28.6 Å². The van der Waals surface area contributed by atoms with E-state index in [1.54, 1.807) is 41.0 Å². The first kappa shape index (κ1) is 26.8. The van der Waals surface area contributed by atoms with Crippen molar-refractivity contribution >= 4 is 33.0 Å². The lowest BCUT2D eigenvalue weighted by molar-refractivity contribution is 0.0353. The van der Waals surface area contributed by atoms with Crippen molar-refractivity contribution in [1.29, 1.82) is 0 Å². The van der Waals surface area contributed by atoms with E-state index >= 15 is 0 Å². The molecule has 0 amide bonds. The van der Waals surface area contributed by atoms with Gasteiger partial charge in [0, 0.05) is 6.07 Å². The fourth-order valence-electron chi connectivity index (χ4n) is 3.34. The van der Waals surface area contributed by atoms with Crippen LogP contribution >= 0.6 is 22.9 Å². The molecule has 0 unspecified atom stereocenters. The van der Waals surface area contributed by atoms with Crippen LogP contribution in [0.5, 0.6) is 17.4 Å². The fourth-order valence-corrected chi connectivity index (χ4v) is 4.66. The van der Waals surface area contributed by atoms with E-state index in [1.807, 2.05) is 0 Å². The van der Waals surface area contributed by atoms with Crippen molar-refractivity contribution < 1.29 is 27.5 Å². The van der Waals surface area contributed by atoms with Crippen LogP contribution in [0.3, 0.4) is 0 Å². The van der Waals surface area contributed by atoms with Gasteiger partial charge in [0.1, 0.15) is 32.2 Å². The number of hydrogen-bond acceptors (Lipinski definition) is 11. The summed E-state index contributed by atoms with van der Waals surface area (Å²) in [6.07, 6.45) is 0.279. The van der Waals surface area contributed by atoms with Gasteiger partial charge in [-0.3, -0.25) is 9.40 Å². The van der Waals surface area contributed by atoms with Crippen LogP contribution in [0.4, 0.5) is 0 Å². The predicted molar refractivity (Wildman–Crippen MR) is 137 cm³/mol. The maximum Gasteiger partial charge on any atom is 0.233 e. The van der Waals surface area contributed by atoms with E-state index in [0.29, 0.717) is 38.1 Å². The standard InChI is InChI=1S/C22H23ClN6O6S2/c1-5-37(30,31)28-35-19(22-24-12-16(23)36-22)21-27-26-20(13-8-6-11-17(25-13)34-4)29(21)18-14(32-2)9-7-10-15(18)33-3/h6-12,19,28H,5H2,1-4H3/t19-/m0/s1. The van der Waals surface area contributed by atoms with Crippen LogP contribution in [0.1, 0.15) is 23.9 Å². The highest BCUT2D eigenvalue weighted by atomic mass is 35.5. The molecule has 3 heterocycles. The number of sulfonamides is 1. The average molecular weight is 567 g/mol. The topological polar surface area (TPSA) is 140 Å². The first-order chi connectivity index (χ1) is 17.8. The molecule has 4 rings (SSSR count). The van der Waals surface area contributed by atoms with E-state index < -0.39 is 16.1 Å². The normalized spacial score (nSPS) is 12.4. The molecule has 0 aliphatic heterocycles. The summed E-state index contributed by atoms with van der Waals surface area (Å²) in [7, 11) is 0.775. The van der Waals surface area contributed by atoms with Crippen molar-refractivity contribution in [2.24, 2.45) is 0 Å². The number of nitrogens with one attached hydrogen (secondary N) is 1. The number of aromatic nitrogens is 5. The highest BCUT2D eigenvalue weighted by molar-refractivity contribution is 7.89. The van der Waals surface area contributed by atoms with Crippen molar-refractivity contribution in [1.82, 2.24) is 29.6 Å². The molecular weight excluding hydrogens is 544 g/mol. The Kier molecular flexibility index (Phi) is 8.24. The maximum absolute atomic E-state index is 12.2. The lowest BCUT2D eigenvalue weighted by Crippen LogP contribution is -2.29. The number of benzene rings is 1. The zero-order valence-electron chi connectivity index (χ0n) is 20.2. The number of halogens is 1. The molecule has 1 atom stereocenters. The zero-order chi connectivity index (χ0) is 26.6. The Bertz CT molecular complexity index is 1470. The maximum atomic E-state index is 12.2. The number of nitrogens with zero attached hydrogens (tertiary/aromatic N) is 5. The molecule has 0 spiro atoms. The van der Waals surface area contributed by atoms with Crippen LogP contribution in [0.15, 0.2) is 42.6 Å². The van der Waals surface area contributed by atoms with Crippen LogP contribution in [0, 0.1) is 0 Å². The molecule has 4 aromatic rings. The first-order valence-electron chi connectivity index (χ1n) is 10.8. The van der Waals surface area contributed by atoms with Crippen LogP contribution in [-0.4, -0.2) is 60.2 Å². The largest absolute Gasteiger partial charge is 0.494 e. The summed E-state index contributed by atoms with van der Waals surface area (Å²) >= 11 is 7.25. The SMILES string of the molecule is CCS(=O)(=O)NO[C@H](c1ncc(Cl)s1)c1nnc(-c2cccc(OC)n2)n1-c1c(OC)cccc1OC. The van der Waals surface area contributed by atoms with Crippen LogP contribution in [0.2, 0.25) is 4.34 Å². The Morgan fingerprint density at radius 1 is 1.05 bits per heavy atom. The molecule has 1 N–H and O–H groups in total. The van der Waals surface area contributed by atoms with Gasteiger partial charge in [0.25, 0.3) is 0 Å². The second kappa shape index (κ2) is 11.4. The van der Waals surface area contributed by atoms with Crippen molar-refractivity contribution in [2.75, 3.05) is 27.1 Å². The molecule has 0 aliphatic rings. The Morgan fingerprint density at radius 3 is 2.35 bits per heavy atom. The van der Waals surface area contributed by atoms with Gasteiger partial charge in [0.2, 0.25) is 15.9 Å². The Morgan fingerprint density at radius 2 is 1.76 bits per heavy atom. The van der Waals surface area contributed by atoms with Gasteiger partial charge >= 0.3 is 0 Å². The molecule has 12 nitrogen and oxygen atoms in total. The van der Waals surface area contributed by atoms with E-state index in [1.165, 1.54) is 34.4 Å². The summed E-state index contributed by atoms with van der Waals surface area (Å²) < 4.78 is 43.0. The third-order valence-electron chi connectivity index (χ3n) is 5.10. The average Bonchev–Trinajstić information content (AvgIpc) is 3.55. The number of para-hydroxylation sites is 1. The first-order valence-corrected chi connectivity index (χ1v) is 13.6. The molecular formula is C22H23ClN6O6S2. The van der Waals surface area contributed by atoms with Crippen LogP contribution in [-0.2, 0) is 14.9 Å². The van der Waals surface area contributed by atoms with E-state index in [9.17, 15) is 8.42 Å². The molecule has 15 heteroatoms. The van der Waals surface area contributed by atoms with Crippen molar-refractivity contribution in [3.8, 4) is 34.6 Å². The van der Waals surface area contributed by atoms with Gasteiger partial charge in [0.15, 0.2) is 17.8 Å². The smallest absolute Gasteiger partial charge is 0.233 e. The lowest BCUT2D eigenvalue weighted by atomic mass is 10.2. The molecule has 196 valence electrons. The minimum Gasteiger partial charge on any atom is -0.494 e. The zero-order valence-corrected chi connectivity index (χ0v) is 22.6. The van der Waals surface area contributed by atoms with Gasteiger partial charge < -0.3 is 14.2 Å². The van der Waals surface area contributed by atoms with Gasteiger partial charge in [-0.2, -0.15) is 0 Å². The van der Waals surface area contributed by atoms with Gasteiger partial charge in [-0.15, -0.1) is 21.5 Å². The molecule has 0 bridgehead atoms. The molecule has 0 fully saturated rings.